The summed E-state index contributed by atoms with van der Waals surface area (Å²) in [6.45, 7) is 3.97. The average Bonchev–Trinajstić information content (AvgIpc) is 3.58. The molecule has 1 aliphatic carbocycles. The number of likely N-dealkylation sites (tertiary alicyclic amines) is 1. The number of aryl methyl sites for hydroxylation is 2. The van der Waals surface area contributed by atoms with Gasteiger partial charge < -0.3 is 20.9 Å². The Hall–Kier alpha value is -4.05. The van der Waals surface area contributed by atoms with Gasteiger partial charge in [0.15, 0.2) is 5.82 Å². The molecule has 39 heavy (non-hydrogen) atoms. The second-order valence-electron chi connectivity index (χ2n) is 11.2. The lowest BCUT2D eigenvalue weighted by Gasteiger charge is -2.25. The summed E-state index contributed by atoms with van der Waals surface area (Å²) < 4.78 is 16.9. The summed E-state index contributed by atoms with van der Waals surface area (Å²) in [5.74, 6) is 0.712. The molecule has 4 heterocycles. The van der Waals surface area contributed by atoms with Crippen LogP contribution < -0.4 is 16.0 Å². The van der Waals surface area contributed by atoms with Crippen molar-refractivity contribution in [2.45, 2.75) is 32.1 Å². The van der Waals surface area contributed by atoms with Crippen LogP contribution in [0.15, 0.2) is 48.5 Å². The highest BCUT2D eigenvalue weighted by molar-refractivity contribution is 5.68. The fourth-order valence-corrected chi connectivity index (χ4v) is 6.55. The second-order valence-corrected chi connectivity index (χ2v) is 11.2. The SMILES string of the molecule is CN1CCC2(CCN(c3ccc(Nc4nc(N)nn4-c4cc5c(nn4)-c4ccccc4CCC5)cc3F)C2)C1. The average molecular weight is 526 g/mol. The van der Waals surface area contributed by atoms with Crippen LogP contribution in [0.2, 0.25) is 0 Å². The Kier molecular flexibility index (Phi) is 5.73. The molecule has 2 aromatic carbocycles. The van der Waals surface area contributed by atoms with E-state index in [9.17, 15) is 0 Å². The van der Waals surface area contributed by atoms with Crippen molar-refractivity contribution in [1.29, 1.82) is 0 Å². The standard InChI is InChI=1S/C29H32FN9/c1-37-13-11-29(17-37)12-14-38(18-29)24-10-9-21(16-23(24)30)32-28-33-27(31)36-39(28)25-15-20-7-4-6-19-5-2-3-8-22(19)26(20)35-34-25/h2-3,5,8-10,15-16H,4,6-7,11-14,17-18H2,1H3,(H3,31,32,33,36). The third-order valence-electron chi connectivity index (χ3n) is 8.48. The number of halogens is 1. The lowest BCUT2D eigenvalue weighted by Crippen LogP contribution is -2.30. The summed E-state index contributed by atoms with van der Waals surface area (Å²) in [6, 6.07) is 15.6. The fourth-order valence-electron chi connectivity index (χ4n) is 6.55. The molecular weight excluding hydrogens is 493 g/mol. The van der Waals surface area contributed by atoms with E-state index in [1.807, 2.05) is 24.3 Å². The van der Waals surface area contributed by atoms with Gasteiger partial charge in [0.1, 0.15) is 5.82 Å². The van der Waals surface area contributed by atoms with E-state index in [1.54, 1.807) is 0 Å². The number of aromatic nitrogens is 5. The quantitative estimate of drug-likeness (QED) is 0.409. The molecule has 3 N–H and O–H groups in total. The number of rotatable bonds is 4. The molecule has 1 atom stereocenters. The molecule has 3 aliphatic rings. The molecule has 0 bridgehead atoms. The first-order chi connectivity index (χ1) is 19.0. The van der Waals surface area contributed by atoms with E-state index in [1.165, 1.54) is 22.7 Å². The van der Waals surface area contributed by atoms with Gasteiger partial charge in [0, 0.05) is 36.3 Å². The zero-order valence-electron chi connectivity index (χ0n) is 22.1. The van der Waals surface area contributed by atoms with Gasteiger partial charge in [-0.3, -0.25) is 0 Å². The van der Waals surface area contributed by atoms with Gasteiger partial charge in [-0.15, -0.1) is 15.3 Å². The topological polar surface area (TPSA) is 101 Å². The third kappa shape index (κ3) is 4.38. The van der Waals surface area contributed by atoms with Gasteiger partial charge in [0.05, 0.1) is 11.4 Å². The fraction of sp³-hybridized carbons (Fsp3) is 0.379. The Balaban J connectivity index is 1.14. The smallest absolute Gasteiger partial charge is 0.241 e. The largest absolute Gasteiger partial charge is 0.369 e. The molecule has 200 valence electrons. The van der Waals surface area contributed by atoms with Gasteiger partial charge in [-0.25, -0.2) is 4.39 Å². The Morgan fingerprint density at radius 1 is 0.974 bits per heavy atom. The molecule has 1 spiro atoms. The molecule has 0 radical (unpaired) electrons. The van der Waals surface area contributed by atoms with Crippen LogP contribution in [0.4, 0.5) is 27.7 Å². The van der Waals surface area contributed by atoms with Gasteiger partial charge in [-0.1, -0.05) is 24.3 Å². The second kappa shape index (κ2) is 9.30. The molecule has 2 fully saturated rings. The first-order valence-corrected chi connectivity index (χ1v) is 13.6. The number of anilines is 4. The van der Waals surface area contributed by atoms with Crippen LogP contribution in [0.25, 0.3) is 17.1 Å². The molecule has 1 unspecified atom stereocenters. The Bertz CT molecular complexity index is 1550. The molecule has 9 nitrogen and oxygen atoms in total. The maximum Gasteiger partial charge on any atom is 0.241 e. The van der Waals surface area contributed by atoms with Crippen LogP contribution in [0.3, 0.4) is 0 Å². The normalized spacial score (nSPS) is 20.7. The monoisotopic (exact) mass is 525 g/mol. The van der Waals surface area contributed by atoms with Crippen LogP contribution >= 0.6 is 0 Å². The lowest BCUT2D eigenvalue weighted by atomic mass is 9.86. The van der Waals surface area contributed by atoms with Gasteiger partial charge in [0.25, 0.3) is 0 Å². The van der Waals surface area contributed by atoms with Crippen molar-refractivity contribution >= 4 is 23.3 Å². The van der Waals surface area contributed by atoms with Gasteiger partial charge in [-0.2, -0.15) is 9.67 Å². The predicted molar refractivity (Wildman–Crippen MR) is 150 cm³/mol. The highest BCUT2D eigenvalue weighted by Crippen LogP contribution is 2.41. The van der Waals surface area contributed by atoms with E-state index in [0.717, 1.165) is 68.7 Å². The number of hydrogen-bond donors (Lipinski definition) is 2. The minimum atomic E-state index is -0.258. The number of fused-ring (bicyclic) bond motifs is 3. The van der Waals surface area contributed by atoms with Crippen molar-refractivity contribution in [3.63, 3.8) is 0 Å². The summed E-state index contributed by atoms with van der Waals surface area (Å²) >= 11 is 0. The number of benzene rings is 2. The van der Waals surface area contributed by atoms with Crippen LogP contribution in [-0.4, -0.2) is 63.1 Å². The first-order valence-electron chi connectivity index (χ1n) is 13.6. The summed E-state index contributed by atoms with van der Waals surface area (Å²) in [7, 11) is 2.17. The van der Waals surface area contributed by atoms with E-state index in [-0.39, 0.29) is 17.2 Å². The van der Waals surface area contributed by atoms with Crippen LogP contribution in [0.1, 0.15) is 30.4 Å². The highest BCUT2D eigenvalue weighted by Gasteiger charge is 2.42. The summed E-state index contributed by atoms with van der Waals surface area (Å²) in [4.78, 5) is 8.91. The molecule has 2 saturated heterocycles. The van der Waals surface area contributed by atoms with Crippen LogP contribution in [0.5, 0.6) is 0 Å². The van der Waals surface area contributed by atoms with E-state index < -0.39 is 0 Å². The molecular formula is C29H32FN9. The molecule has 7 rings (SSSR count). The van der Waals surface area contributed by atoms with Crippen molar-refractivity contribution < 1.29 is 4.39 Å². The third-order valence-corrected chi connectivity index (χ3v) is 8.48. The summed E-state index contributed by atoms with van der Waals surface area (Å²) in [5, 5.41) is 16.6. The van der Waals surface area contributed by atoms with Crippen molar-refractivity contribution in [1.82, 2.24) is 29.9 Å². The Morgan fingerprint density at radius 3 is 2.67 bits per heavy atom. The van der Waals surface area contributed by atoms with E-state index in [4.69, 9.17) is 5.73 Å². The zero-order valence-corrected chi connectivity index (χ0v) is 22.1. The lowest BCUT2D eigenvalue weighted by molar-refractivity contribution is 0.312. The van der Waals surface area contributed by atoms with E-state index in [2.05, 4.69) is 60.6 Å². The molecule has 2 aliphatic heterocycles. The number of nitrogens with one attached hydrogen (secondary N) is 1. The molecule has 0 amide bonds. The number of nitrogens with two attached hydrogens (primary N) is 1. The molecule has 4 aromatic rings. The highest BCUT2D eigenvalue weighted by atomic mass is 19.1. The maximum absolute atomic E-state index is 15.4. The maximum atomic E-state index is 15.4. The van der Waals surface area contributed by atoms with Gasteiger partial charge in [0.2, 0.25) is 11.9 Å². The van der Waals surface area contributed by atoms with Crippen molar-refractivity contribution in [3.8, 4) is 17.1 Å². The number of nitrogen functional groups attached to an aromatic ring is 1. The predicted octanol–water partition coefficient (Wildman–Crippen LogP) is 4.21. The van der Waals surface area contributed by atoms with E-state index >= 15 is 4.39 Å². The summed E-state index contributed by atoms with van der Waals surface area (Å²) in [5.41, 5.74) is 11.9. The van der Waals surface area contributed by atoms with Crippen LogP contribution in [-0.2, 0) is 12.8 Å². The zero-order chi connectivity index (χ0) is 26.6. The van der Waals surface area contributed by atoms with Gasteiger partial charge >= 0.3 is 0 Å². The minimum Gasteiger partial charge on any atom is -0.369 e. The number of hydrogen-bond acceptors (Lipinski definition) is 8. The summed E-state index contributed by atoms with van der Waals surface area (Å²) in [6.07, 6.45) is 5.20. The Labute approximate surface area is 226 Å². The van der Waals surface area contributed by atoms with Crippen molar-refractivity contribution in [2.24, 2.45) is 5.41 Å². The van der Waals surface area contributed by atoms with Crippen molar-refractivity contribution in [2.75, 3.05) is 49.2 Å². The first kappa shape index (κ1) is 24.0. The van der Waals surface area contributed by atoms with E-state index in [0.29, 0.717) is 23.1 Å². The molecule has 2 aromatic heterocycles. The Morgan fingerprint density at radius 2 is 1.82 bits per heavy atom. The minimum absolute atomic E-state index is 0.0978. The van der Waals surface area contributed by atoms with Gasteiger partial charge in [-0.05, 0) is 81.1 Å². The molecule has 10 heteroatoms. The number of nitrogens with zero attached hydrogens (tertiary/aromatic N) is 7. The molecule has 0 saturated carbocycles. The van der Waals surface area contributed by atoms with Crippen molar-refractivity contribution in [3.05, 3.63) is 65.5 Å². The van der Waals surface area contributed by atoms with Crippen LogP contribution in [0, 0.1) is 11.2 Å².